The summed E-state index contributed by atoms with van der Waals surface area (Å²) in [5.41, 5.74) is -0.556. The van der Waals surface area contributed by atoms with E-state index in [1.165, 1.54) is 0 Å². The van der Waals surface area contributed by atoms with Crippen LogP contribution in [-0.4, -0.2) is 65.9 Å². The van der Waals surface area contributed by atoms with E-state index in [2.05, 4.69) is 6.58 Å². The molecule has 0 spiro atoms. The van der Waals surface area contributed by atoms with Crippen LogP contribution in [0.25, 0.3) is 0 Å². The number of carbonyl (C=O) groups is 2. The molecule has 1 amide bonds. The second-order valence-corrected chi connectivity index (χ2v) is 8.24. The first-order chi connectivity index (χ1) is 14.2. The van der Waals surface area contributed by atoms with Crippen LogP contribution in [0.2, 0.25) is 0 Å². The molecular formula is C23H34N2O5. The number of hydrogen-bond acceptors (Lipinski definition) is 6. The van der Waals surface area contributed by atoms with Crippen molar-refractivity contribution in [2.75, 3.05) is 26.3 Å². The highest BCUT2D eigenvalue weighted by atomic mass is 16.6. The number of ether oxygens (including phenoxy) is 3. The van der Waals surface area contributed by atoms with E-state index in [0.29, 0.717) is 18.8 Å². The Morgan fingerprint density at radius 2 is 2.00 bits per heavy atom. The van der Waals surface area contributed by atoms with Crippen LogP contribution in [-0.2, 0) is 14.3 Å². The summed E-state index contributed by atoms with van der Waals surface area (Å²) >= 11 is 0. The maximum atomic E-state index is 12.7. The molecule has 1 heterocycles. The number of benzene rings is 1. The summed E-state index contributed by atoms with van der Waals surface area (Å²) < 4.78 is 16.7. The Morgan fingerprint density at radius 1 is 1.30 bits per heavy atom. The molecule has 0 saturated carbocycles. The van der Waals surface area contributed by atoms with Gasteiger partial charge in [-0.3, -0.25) is 0 Å². The Morgan fingerprint density at radius 3 is 2.60 bits per heavy atom. The first-order valence-electron chi connectivity index (χ1n) is 10.5. The van der Waals surface area contributed by atoms with E-state index >= 15 is 0 Å². The average Bonchev–Trinajstić information content (AvgIpc) is 2.71. The first kappa shape index (κ1) is 23.6. The van der Waals surface area contributed by atoms with Gasteiger partial charge in [0.15, 0.2) is 6.04 Å². The van der Waals surface area contributed by atoms with Gasteiger partial charge in [0.2, 0.25) is 0 Å². The number of rotatable bonds is 8. The Balaban J connectivity index is 2.12. The molecule has 166 valence electrons. The van der Waals surface area contributed by atoms with Crippen LogP contribution in [0.4, 0.5) is 4.79 Å². The molecule has 30 heavy (non-hydrogen) atoms. The molecule has 0 aromatic heterocycles. The zero-order valence-corrected chi connectivity index (χ0v) is 18.5. The van der Waals surface area contributed by atoms with Gasteiger partial charge < -0.3 is 24.0 Å². The number of para-hydroxylation sites is 1. The second-order valence-electron chi connectivity index (χ2n) is 8.24. The largest absolute Gasteiger partial charge is 0.491 e. The Labute approximate surface area is 179 Å². The highest BCUT2D eigenvalue weighted by Gasteiger charge is 2.35. The number of amides is 1. The lowest BCUT2D eigenvalue weighted by Gasteiger charge is -2.41. The van der Waals surface area contributed by atoms with Crippen molar-refractivity contribution in [3.05, 3.63) is 43.1 Å². The zero-order chi connectivity index (χ0) is 22.1. The molecule has 1 aromatic rings. The van der Waals surface area contributed by atoms with Crippen LogP contribution >= 0.6 is 0 Å². The average molecular weight is 419 g/mol. The van der Waals surface area contributed by atoms with Crippen molar-refractivity contribution in [2.24, 2.45) is 0 Å². The monoisotopic (exact) mass is 418 g/mol. The standard InChI is InChI=1S/C23H34N2O5/c1-6-25(18-12-11-15-24(16-18)22(27)30-23(3,4)5)20(21(26)28-7-2)17-29-19-13-9-8-10-14-19/h6,8-10,13-14,18,20H,1,7,11-12,15-17H2,2-5H3/t18-,20?/m1/s1. The van der Waals surface area contributed by atoms with Crippen molar-refractivity contribution < 1.29 is 23.8 Å². The zero-order valence-electron chi connectivity index (χ0n) is 18.5. The van der Waals surface area contributed by atoms with Crippen LogP contribution in [0.1, 0.15) is 40.5 Å². The molecule has 1 saturated heterocycles. The summed E-state index contributed by atoms with van der Waals surface area (Å²) in [7, 11) is 0. The molecule has 1 aliphatic rings. The normalized spacial score (nSPS) is 17.6. The maximum Gasteiger partial charge on any atom is 0.410 e. The molecule has 7 nitrogen and oxygen atoms in total. The third kappa shape index (κ3) is 6.97. The van der Waals surface area contributed by atoms with Crippen molar-refractivity contribution in [1.29, 1.82) is 0 Å². The van der Waals surface area contributed by atoms with Crippen LogP contribution in [0.3, 0.4) is 0 Å². The minimum atomic E-state index is -0.661. The molecule has 1 aliphatic heterocycles. The van der Waals surface area contributed by atoms with Crippen LogP contribution in [0, 0.1) is 0 Å². The third-order valence-electron chi connectivity index (χ3n) is 4.75. The van der Waals surface area contributed by atoms with Gasteiger partial charge in [0, 0.05) is 19.1 Å². The molecule has 0 aliphatic carbocycles. The SMILES string of the molecule is C=CN(C(COc1ccccc1)C(=O)OCC)[C@@H]1CCCN(C(=O)OC(C)(C)C)C1. The summed E-state index contributed by atoms with van der Waals surface area (Å²) in [5, 5.41) is 0. The Bertz CT molecular complexity index is 701. The van der Waals surface area contributed by atoms with Gasteiger partial charge in [0.1, 0.15) is 18.0 Å². The first-order valence-corrected chi connectivity index (χ1v) is 10.5. The van der Waals surface area contributed by atoms with Gasteiger partial charge in [-0.15, -0.1) is 0 Å². The molecule has 0 radical (unpaired) electrons. The molecule has 2 rings (SSSR count). The lowest BCUT2D eigenvalue weighted by Crippen LogP contribution is -2.55. The van der Waals surface area contributed by atoms with Crippen molar-refractivity contribution in [1.82, 2.24) is 9.80 Å². The highest BCUT2D eigenvalue weighted by molar-refractivity contribution is 5.76. The lowest BCUT2D eigenvalue weighted by atomic mass is 10.0. The van der Waals surface area contributed by atoms with Gasteiger partial charge in [-0.1, -0.05) is 24.8 Å². The lowest BCUT2D eigenvalue weighted by molar-refractivity contribution is -0.150. The van der Waals surface area contributed by atoms with Gasteiger partial charge >= 0.3 is 12.1 Å². The third-order valence-corrected chi connectivity index (χ3v) is 4.75. The second kappa shape index (κ2) is 10.9. The van der Waals surface area contributed by atoms with E-state index in [4.69, 9.17) is 14.2 Å². The van der Waals surface area contributed by atoms with Crippen LogP contribution < -0.4 is 4.74 Å². The Kier molecular flexibility index (Phi) is 8.57. The quantitative estimate of drug-likeness (QED) is 0.598. The fourth-order valence-electron chi connectivity index (χ4n) is 3.43. The van der Waals surface area contributed by atoms with Gasteiger partial charge in [0.05, 0.1) is 6.61 Å². The van der Waals surface area contributed by atoms with Crippen molar-refractivity contribution in [3.8, 4) is 5.75 Å². The molecule has 1 aromatic carbocycles. The van der Waals surface area contributed by atoms with E-state index in [1.54, 1.807) is 18.0 Å². The molecule has 7 heteroatoms. The minimum absolute atomic E-state index is 0.0856. The van der Waals surface area contributed by atoms with Gasteiger partial charge in [-0.2, -0.15) is 0 Å². The smallest absolute Gasteiger partial charge is 0.410 e. The summed E-state index contributed by atoms with van der Waals surface area (Å²) in [6, 6.07) is 8.58. The van der Waals surface area contributed by atoms with Crippen LogP contribution in [0.15, 0.2) is 43.1 Å². The van der Waals surface area contributed by atoms with Crippen LogP contribution in [0.5, 0.6) is 5.75 Å². The summed E-state index contributed by atoms with van der Waals surface area (Å²) in [6.45, 7) is 12.7. The van der Waals surface area contributed by atoms with E-state index < -0.39 is 11.6 Å². The molecule has 2 atom stereocenters. The van der Waals surface area contributed by atoms with Gasteiger partial charge in [0.25, 0.3) is 0 Å². The van der Waals surface area contributed by atoms with Crippen molar-refractivity contribution in [2.45, 2.75) is 58.2 Å². The highest BCUT2D eigenvalue weighted by Crippen LogP contribution is 2.22. The predicted molar refractivity (Wildman–Crippen MR) is 115 cm³/mol. The Hall–Kier alpha value is -2.70. The van der Waals surface area contributed by atoms with Gasteiger partial charge in [-0.05, 0) is 58.9 Å². The van der Waals surface area contributed by atoms with Crippen molar-refractivity contribution >= 4 is 12.1 Å². The number of likely N-dealkylation sites (tertiary alicyclic amines) is 1. The van der Waals surface area contributed by atoms with E-state index in [-0.39, 0.29) is 31.3 Å². The fraction of sp³-hybridized carbons (Fsp3) is 0.565. The summed E-state index contributed by atoms with van der Waals surface area (Å²) in [5.74, 6) is 0.303. The van der Waals surface area contributed by atoms with E-state index in [9.17, 15) is 9.59 Å². The van der Waals surface area contributed by atoms with E-state index in [0.717, 1.165) is 12.8 Å². The molecular weight excluding hydrogens is 384 g/mol. The molecule has 0 N–H and O–H groups in total. The number of nitrogens with zero attached hydrogens (tertiary/aromatic N) is 2. The molecule has 1 unspecified atom stereocenters. The number of piperidine rings is 1. The molecule has 1 fully saturated rings. The minimum Gasteiger partial charge on any atom is -0.491 e. The van der Waals surface area contributed by atoms with Crippen molar-refractivity contribution in [3.63, 3.8) is 0 Å². The topological polar surface area (TPSA) is 68.3 Å². The number of carbonyl (C=O) groups excluding carboxylic acids is 2. The maximum absolute atomic E-state index is 12.7. The number of esters is 1. The molecule has 0 bridgehead atoms. The fourth-order valence-corrected chi connectivity index (χ4v) is 3.43. The predicted octanol–water partition coefficient (Wildman–Crippen LogP) is 3.84. The number of hydrogen-bond donors (Lipinski definition) is 0. The van der Waals surface area contributed by atoms with Gasteiger partial charge in [-0.25, -0.2) is 9.59 Å². The summed E-state index contributed by atoms with van der Waals surface area (Å²) in [4.78, 5) is 28.8. The summed E-state index contributed by atoms with van der Waals surface area (Å²) in [6.07, 6.45) is 2.93. The van der Waals surface area contributed by atoms with E-state index in [1.807, 2.05) is 56.0 Å².